The molecule has 0 saturated carbocycles. The molecule has 0 fully saturated rings. The molecule has 0 aliphatic rings. The Bertz CT molecular complexity index is 572. The van der Waals surface area contributed by atoms with Crippen molar-refractivity contribution in [2.75, 3.05) is 14.2 Å². The Hall–Kier alpha value is -1.58. The number of pyridine rings is 1. The van der Waals surface area contributed by atoms with Crippen LogP contribution in [0.1, 0.15) is 22.7 Å². The highest BCUT2D eigenvalue weighted by atomic mass is 35.5. The van der Waals surface area contributed by atoms with E-state index in [-0.39, 0.29) is 6.04 Å². The molecule has 0 aliphatic heterocycles. The van der Waals surface area contributed by atoms with Crippen LogP contribution in [0.4, 0.5) is 0 Å². The summed E-state index contributed by atoms with van der Waals surface area (Å²) < 4.78 is 5.43. The van der Waals surface area contributed by atoms with Gasteiger partial charge in [-0.2, -0.15) is 0 Å². The first kappa shape index (κ1) is 13.8. The van der Waals surface area contributed by atoms with Gasteiger partial charge in [-0.3, -0.25) is 4.98 Å². The standard InChI is InChI=1S/C15H17ClN2O/c1-10-6-7-18-9-13(10)15(17-2)12-8-11(16)4-5-14(12)19-3/h4-9,15,17H,1-3H3. The zero-order chi connectivity index (χ0) is 13.8. The summed E-state index contributed by atoms with van der Waals surface area (Å²) in [6, 6.07) is 7.63. The van der Waals surface area contributed by atoms with Gasteiger partial charge in [-0.15, -0.1) is 0 Å². The van der Waals surface area contributed by atoms with E-state index in [1.54, 1.807) is 13.3 Å². The summed E-state index contributed by atoms with van der Waals surface area (Å²) in [7, 11) is 3.58. The maximum absolute atomic E-state index is 6.10. The van der Waals surface area contributed by atoms with Crippen molar-refractivity contribution < 1.29 is 4.74 Å². The first-order chi connectivity index (χ1) is 9.17. The van der Waals surface area contributed by atoms with Gasteiger partial charge in [-0.25, -0.2) is 0 Å². The molecule has 1 aromatic heterocycles. The summed E-state index contributed by atoms with van der Waals surface area (Å²) in [5, 5.41) is 3.99. The third-order valence-electron chi connectivity index (χ3n) is 3.18. The first-order valence-electron chi connectivity index (χ1n) is 6.08. The molecular weight excluding hydrogens is 260 g/mol. The van der Waals surface area contributed by atoms with Crippen LogP contribution in [-0.2, 0) is 0 Å². The predicted molar refractivity (Wildman–Crippen MR) is 77.9 cm³/mol. The summed E-state index contributed by atoms with van der Waals surface area (Å²) >= 11 is 6.10. The molecule has 19 heavy (non-hydrogen) atoms. The molecule has 1 unspecified atom stereocenters. The largest absolute Gasteiger partial charge is 0.496 e. The lowest BCUT2D eigenvalue weighted by atomic mass is 9.96. The number of nitrogens with zero attached hydrogens (tertiary/aromatic N) is 1. The first-order valence-corrected chi connectivity index (χ1v) is 6.46. The molecular formula is C15H17ClN2O. The van der Waals surface area contributed by atoms with Crippen LogP contribution in [0.15, 0.2) is 36.7 Å². The van der Waals surface area contributed by atoms with E-state index in [4.69, 9.17) is 16.3 Å². The van der Waals surface area contributed by atoms with Gasteiger partial charge < -0.3 is 10.1 Å². The number of aromatic nitrogens is 1. The molecule has 0 radical (unpaired) electrons. The maximum atomic E-state index is 6.10. The third kappa shape index (κ3) is 2.88. The zero-order valence-electron chi connectivity index (χ0n) is 11.3. The van der Waals surface area contributed by atoms with Crippen LogP contribution in [-0.4, -0.2) is 19.1 Å². The van der Waals surface area contributed by atoms with Crippen LogP contribution < -0.4 is 10.1 Å². The monoisotopic (exact) mass is 276 g/mol. The number of methoxy groups -OCH3 is 1. The number of aryl methyl sites for hydroxylation is 1. The normalized spacial score (nSPS) is 12.2. The van der Waals surface area contributed by atoms with Crippen molar-refractivity contribution in [3.8, 4) is 5.75 Å². The molecule has 0 spiro atoms. The second kappa shape index (κ2) is 6.04. The molecule has 0 aliphatic carbocycles. The second-order valence-electron chi connectivity index (χ2n) is 4.34. The quantitative estimate of drug-likeness (QED) is 0.930. The lowest BCUT2D eigenvalue weighted by molar-refractivity contribution is 0.405. The Morgan fingerprint density at radius 2 is 2.05 bits per heavy atom. The van der Waals surface area contributed by atoms with Gasteiger partial charge in [0.05, 0.1) is 13.2 Å². The number of ether oxygens (including phenoxy) is 1. The van der Waals surface area contributed by atoms with Crippen molar-refractivity contribution in [2.45, 2.75) is 13.0 Å². The predicted octanol–water partition coefficient (Wildman–Crippen LogP) is 3.36. The lowest BCUT2D eigenvalue weighted by Crippen LogP contribution is -2.19. The number of benzene rings is 1. The summed E-state index contributed by atoms with van der Waals surface area (Å²) in [6.07, 6.45) is 3.66. The Morgan fingerprint density at radius 3 is 2.68 bits per heavy atom. The maximum Gasteiger partial charge on any atom is 0.124 e. The van der Waals surface area contributed by atoms with E-state index < -0.39 is 0 Å². The molecule has 2 aromatic rings. The van der Waals surface area contributed by atoms with Gasteiger partial charge in [-0.1, -0.05) is 11.6 Å². The fraction of sp³-hybridized carbons (Fsp3) is 0.267. The minimum Gasteiger partial charge on any atom is -0.496 e. The summed E-state index contributed by atoms with van der Waals surface area (Å²) in [6.45, 7) is 2.07. The minimum absolute atomic E-state index is 0.00218. The van der Waals surface area contributed by atoms with Gasteiger partial charge >= 0.3 is 0 Å². The Morgan fingerprint density at radius 1 is 1.26 bits per heavy atom. The van der Waals surface area contributed by atoms with Crippen LogP contribution in [0, 0.1) is 6.92 Å². The van der Waals surface area contributed by atoms with E-state index in [0.29, 0.717) is 5.02 Å². The van der Waals surface area contributed by atoms with Crippen molar-refractivity contribution >= 4 is 11.6 Å². The van der Waals surface area contributed by atoms with Gasteiger partial charge in [0.15, 0.2) is 0 Å². The smallest absolute Gasteiger partial charge is 0.124 e. The minimum atomic E-state index is 0.00218. The molecule has 0 saturated heterocycles. The zero-order valence-corrected chi connectivity index (χ0v) is 12.0. The molecule has 100 valence electrons. The molecule has 2 rings (SSSR count). The Labute approximate surface area is 118 Å². The van der Waals surface area contributed by atoms with E-state index in [0.717, 1.165) is 16.9 Å². The molecule has 1 atom stereocenters. The van der Waals surface area contributed by atoms with Crippen LogP contribution >= 0.6 is 11.6 Å². The van der Waals surface area contributed by atoms with E-state index in [2.05, 4.69) is 17.2 Å². The van der Waals surface area contributed by atoms with Crippen molar-refractivity contribution in [1.82, 2.24) is 10.3 Å². The lowest BCUT2D eigenvalue weighted by Gasteiger charge is -2.21. The van der Waals surface area contributed by atoms with Gasteiger partial charge in [0.1, 0.15) is 5.75 Å². The van der Waals surface area contributed by atoms with Crippen molar-refractivity contribution in [2.24, 2.45) is 0 Å². The SMILES string of the molecule is CNC(c1cnccc1C)c1cc(Cl)ccc1OC. The van der Waals surface area contributed by atoms with Gasteiger partial charge in [0, 0.05) is 23.0 Å². The highest BCUT2D eigenvalue weighted by Crippen LogP contribution is 2.32. The summed E-state index contributed by atoms with van der Waals surface area (Å²) in [5.41, 5.74) is 3.30. The second-order valence-corrected chi connectivity index (χ2v) is 4.78. The Balaban J connectivity index is 2.54. The molecule has 1 N–H and O–H groups in total. The van der Waals surface area contributed by atoms with Crippen molar-refractivity contribution in [3.63, 3.8) is 0 Å². The number of nitrogens with one attached hydrogen (secondary N) is 1. The van der Waals surface area contributed by atoms with Gasteiger partial charge in [0.25, 0.3) is 0 Å². The molecule has 1 heterocycles. The fourth-order valence-corrected chi connectivity index (χ4v) is 2.37. The highest BCUT2D eigenvalue weighted by Gasteiger charge is 2.18. The van der Waals surface area contributed by atoms with Crippen LogP contribution in [0.2, 0.25) is 5.02 Å². The number of halogens is 1. The van der Waals surface area contributed by atoms with Gasteiger partial charge in [-0.05, 0) is 49.4 Å². The topological polar surface area (TPSA) is 34.2 Å². The molecule has 4 heteroatoms. The van der Waals surface area contributed by atoms with Crippen LogP contribution in [0.25, 0.3) is 0 Å². The van der Waals surface area contributed by atoms with E-state index >= 15 is 0 Å². The average molecular weight is 277 g/mol. The number of hydrogen-bond acceptors (Lipinski definition) is 3. The van der Waals surface area contributed by atoms with E-state index in [1.165, 1.54) is 5.56 Å². The number of hydrogen-bond donors (Lipinski definition) is 1. The van der Waals surface area contributed by atoms with Gasteiger partial charge in [0.2, 0.25) is 0 Å². The van der Waals surface area contributed by atoms with E-state index in [9.17, 15) is 0 Å². The summed E-state index contributed by atoms with van der Waals surface area (Å²) in [5.74, 6) is 0.812. The van der Waals surface area contributed by atoms with Crippen LogP contribution in [0.3, 0.4) is 0 Å². The average Bonchev–Trinajstić information content (AvgIpc) is 2.42. The number of rotatable bonds is 4. The van der Waals surface area contributed by atoms with E-state index in [1.807, 2.05) is 37.5 Å². The van der Waals surface area contributed by atoms with Crippen molar-refractivity contribution in [3.05, 3.63) is 58.4 Å². The third-order valence-corrected chi connectivity index (χ3v) is 3.42. The highest BCUT2D eigenvalue weighted by molar-refractivity contribution is 6.30. The van der Waals surface area contributed by atoms with Crippen LogP contribution in [0.5, 0.6) is 5.75 Å². The Kier molecular flexibility index (Phi) is 4.40. The van der Waals surface area contributed by atoms with Crippen molar-refractivity contribution in [1.29, 1.82) is 0 Å². The molecule has 0 amide bonds. The molecule has 0 bridgehead atoms. The molecule has 3 nitrogen and oxygen atoms in total. The summed E-state index contributed by atoms with van der Waals surface area (Å²) in [4.78, 5) is 4.20. The molecule has 1 aromatic carbocycles. The fourth-order valence-electron chi connectivity index (χ4n) is 2.19.